The van der Waals surface area contributed by atoms with Crippen molar-refractivity contribution in [2.24, 2.45) is 0 Å². The first-order chi connectivity index (χ1) is 8.88. The van der Waals surface area contributed by atoms with E-state index in [0.29, 0.717) is 0 Å². The summed E-state index contributed by atoms with van der Waals surface area (Å²) in [4.78, 5) is 8.45. The van der Waals surface area contributed by atoms with Crippen LogP contribution < -0.4 is 0 Å². The lowest BCUT2D eigenvalue weighted by atomic mass is 10.2. The van der Waals surface area contributed by atoms with E-state index in [1.165, 1.54) is 0 Å². The van der Waals surface area contributed by atoms with Gasteiger partial charge in [-0.2, -0.15) is 0 Å². The number of rotatable bonds is 3. The maximum Gasteiger partial charge on any atom is 0.106 e. The highest BCUT2D eigenvalue weighted by Gasteiger charge is 2.08. The van der Waals surface area contributed by atoms with Gasteiger partial charge in [0.2, 0.25) is 0 Å². The van der Waals surface area contributed by atoms with E-state index in [2.05, 4.69) is 9.97 Å². The fourth-order valence-corrected chi connectivity index (χ4v) is 2.64. The molecule has 4 nitrogen and oxygen atoms in total. The van der Waals surface area contributed by atoms with Crippen molar-refractivity contribution >= 4 is 36.2 Å². The third-order valence-electron chi connectivity index (χ3n) is 2.67. The molecule has 0 fully saturated rings. The van der Waals surface area contributed by atoms with Crippen molar-refractivity contribution in [3.8, 4) is 16.3 Å². The number of aliphatic hydroxyl groups excluding tert-OH is 1. The smallest absolute Gasteiger partial charge is 0.106 e. The average Bonchev–Trinajstić information content (AvgIpc) is 3.08. The summed E-state index contributed by atoms with van der Waals surface area (Å²) in [5.41, 5.74) is 2.77. The summed E-state index contributed by atoms with van der Waals surface area (Å²) in [5, 5.41) is 12.2. The molecule has 3 heterocycles. The molecule has 0 radical (unpaired) electrons. The maximum atomic E-state index is 9.26. The molecule has 0 aliphatic rings. The van der Waals surface area contributed by atoms with Crippen LogP contribution in [-0.4, -0.2) is 19.6 Å². The van der Waals surface area contributed by atoms with E-state index in [0.717, 1.165) is 21.8 Å². The van der Waals surface area contributed by atoms with Crippen molar-refractivity contribution < 1.29 is 5.11 Å². The minimum Gasteiger partial charge on any atom is -0.392 e. The van der Waals surface area contributed by atoms with Crippen LogP contribution in [0.5, 0.6) is 0 Å². The van der Waals surface area contributed by atoms with Crippen LogP contribution in [-0.2, 0) is 6.61 Å². The third-order valence-corrected chi connectivity index (χ3v) is 3.64. The lowest BCUT2D eigenvalue weighted by molar-refractivity contribution is 0.282. The molecule has 0 aliphatic heterocycles. The molecule has 106 valence electrons. The van der Waals surface area contributed by atoms with Crippen LogP contribution in [0, 0.1) is 0 Å². The van der Waals surface area contributed by atoms with Crippen LogP contribution in [0.4, 0.5) is 0 Å². The zero-order chi connectivity index (χ0) is 12.4. The molecule has 20 heavy (non-hydrogen) atoms. The summed E-state index contributed by atoms with van der Waals surface area (Å²) in [6, 6.07) is 5.78. The highest BCUT2D eigenvalue weighted by molar-refractivity contribution is 7.12. The summed E-state index contributed by atoms with van der Waals surface area (Å²) in [6.45, 7) is 0.0409. The Balaban J connectivity index is 0.000001000. The first-order valence-electron chi connectivity index (χ1n) is 5.50. The van der Waals surface area contributed by atoms with Crippen LogP contribution >= 0.6 is 36.2 Å². The fourth-order valence-electron chi connectivity index (χ4n) is 1.77. The molecule has 0 amide bonds. The topological polar surface area (TPSA) is 50.9 Å². The zero-order valence-electron chi connectivity index (χ0n) is 10.3. The standard InChI is InChI=1S/C13H11N3OS.2ClH/c17-8-11-3-5-18-13(11)16-7-12(15-9-16)10-2-1-4-14-6-10;;/h1-7,9,17H,8H2;2*1H. The van der Waals surface area contributed by atoms with E-state index in [1.54, 1.807) is 30.1 Å². The average molecular weight is 330 g/mol. The van der Waals surface area contributed by atoms with Crippen LogP contribution in [0.3, 0.4) is 0 Å². The number of aromatic nitrogens is 3. The summed E-state index contributed by atoms with van der Waals surface area (Å²) in [7, 11) is 0. The molecule has 0 saturated carbocycles. The van der Waals surface area contributed by atoms with E-state index >= 15 is 0 Å². The van der Waals surface area contributed by atoms with Crippen molar-refractivity contribution in [1.82, 2.24) is 14.5 Å². The van der Waals surface area contributed by atoms with Gasteiger partial charge in [0.05, 0.1) is 12.3 Å². The molecule has 0 unspecified atom stereocenters. The van der Waals surface area contributed by atoms with Crippen LogP contribution in [0.1, 0.15) is 5.56 Å². The Bertz CT molecular complexity index is 654. The van der Waals surface area contributed by atoms with Crippen molar-refractivity contribution in [2.45, 2.75) is 6.61 Å². The van der Waals surface area contributed by atoms with Gasteiger partial charge in [0.25, 0.3) is 0 Å². The Kier molecular flexibility index (Phi) is 6.16. The molecule has 0 aliphatic carbocycles. The van der Waals surface area contributed by atoms with Gasteiger partial charge in [-0.05, 0) is 23.6 Å². The number of halogens is 2. The van der Waals surface area contributed by atoms with Gasteiger partial charge in [0.15, 0.2) is 0 Å². The molecular formula is C13H13Cl2N3OS. The molecule has 7 heteroatoms. The van der Waals surface area contributed by atoms with Gasteiger partial charge in [0.1, 0.15) is 11.3 Å². The minimum absolute atomic E-state index is 0. The second-order valence-corrected chi connectivity index (χ2v) is 4.71. The molecule has 0 spiro atoms. The van der Waals surface area contributed by atoms with Gasteiger partial charge in [-0.25, -0.2) is 4.98 Å². The molecule has 0 bridgehead atoms. The number of hydrogen-bond donors (Lipinski definition) is 1. The van der Waals surface area contributed by atoms with Crippen LogP contribution in [0.25, 0.3) is 16.3 Å². The molecule has 3 aromatic rings. The van der Waals surface area contributed by atoms with Crippen LogP contribution in [0.2, 0.25) is 0 Å². The van der Waals surface area contributed by atoms with Gasteiger partial charge in [-0.3, -0.25) is 9.55 Å². The third kappa shape index (κ3) is 3.19. The molecule has 0 aromatic carbocycles. The molecule has 3 aromatic heterocycles. The van der Waals surface area contributed by atoms with Gasteiger partial charge in [-0.15, -0.1) is 36.2 Å². The molecule has 1 N–H and O–H groups in total. The number of thiophene rings is 1. The summed E-state index contributed by atoms with van der Waals surface area (Å²) < 4.78 is 1.93. The van der Waals surface area contributed by atoms with E-state index in [-0.39, 0.29) is 31.4 Å². The van der Waals surface area contributed by atoms with E-state index in [1.807, 2.05) is 34.3 Å². The normalized spacial score (nSPS) is 9.65. The van der Waals surface area contributed by atoms with Crippen molar-refractivity contribution in [1.29, 1.82) is 0 Å². The molecule has 0 atom stereocenters. The number of imidazole rings is 1. The largest absolute Gasteiger partial charge is 0.392 e. The Hall–Kier alpha value is -1.40. The zero-order valence-corrected chi connectivity index (χ0v) is 12.8. The summed E-state index contributed by atoms with van der Waals surface area (Å²) >= 11 is 1.58. The van der Waals surface area contributed by atoms with E-state index < -0.39 is 0 Å². The first kappa shape index (κ1) is 16.7. The molecule has 0 saturated heterocycles. The van der Waals surface area contributed by atoms with Crippen LogP contribution in [0.15, 0.2) is 48.5 Å². The lowest BCUT2D eigenvalue weighted by Crippen LogP contribution is -1.91. The molecule has 3 rings (SSSR count). The Labute approximate surface area is 133 Å². The SMILES string of the molecule is Cl.Cl.OCc1ccsc1-n1cnc(-c2cccnc2)c1. The predicted octanol–water partition coefficient (Wildman–Crippen LogP) is 3.33. The van der Waals surface area contributed by atoms with E-state index in [4.69, 9.17) is 0 Å². The number of hydrogen-bond acceptors (Lipinski definition) is 4. The predicted molar refractivity (Wildman–Crippen MR) is 85.1 cm³/mol. The molecular weight excluding hydrogens is 317 g/mol. The Morgan fingerprint density at radius 3 is 2.80 bits per heavy atom. The number of aliphatic hydroxyl groups is 1. The van der Waals surface area contributed by atoms with Gasteiger partial charge in [-0.1, -0.05) is 0 Å². The highest BCUT2D eigenvalue weighted by Crippen LogP contribution is 2.24. The first-order valence-corrected chi connectivity index (χ1v) is 6.38. The van der Waals surface area contributed by atoms with Crippen molar-refractivity contribution in [2.75, 3.05) is 0 Å². The van der Waals surface area contributed by atoms with E-state index in [9.17, 15) is 5.11 Å². The second-order valence-electron chi connectivity index (χ2n) is 3.82. The fraction of sp³-hybridized carbons (Fsp3) is 0.0769. The number of nitrogens with zero attached hydrogens (tertiary/aromatic N) is 3. The Morgan fingerprint density at radius 1 is 1.25 bits per heavy atom. The summed E-state index contributed by atoms with van der Waals surface area (Å²) in [5.74, 6) is 0. The second kappa shape index (κ2) is 7.40. The quantitative estimate of drug-likeness (QED) is 0.801. The monoisotopic (exact) mass is 329 g/mol. The van der Waals surface area contributed by atoms with Gasteiger partial charge >= 0.3 is 0 Å². The van der Waals surface area contributed by atoms with Gasteiger partial charge < -0.3 is 5.11 Å². The minimum atomic E-state index is 0. The highest BCUT2D eigenvalue weighted by atomic mass is 35.5. The van der Waals surface area contributed by atoms with Gasteiger partial charge in [0, 0.05) is 29.7 Å². The van der Waals surface area contributed by atoms with Crippen molar-refractivity contribution in [3.63, 3.8) is 0 Å². The number of pyridine rings is 1. The maximum absolute atomic E-state index is 9.26. The van der Waals surface area contributed by atoms with Crippen molar-refractivity contribution in [3.05, 3.63) is 54.1 Å². The summed E-state index contributed by atoms with van der Waals surface area (Å²) in [6.07, 6.45) is 7.23. The Morgan fingerprint density at radius 2 is 2.10 bits per heavy atom. The lowest BCUT2D eigenvalue weighted by Gasteiger charge is -2.00.